The Balaban J connectivity index is 2.10. The lowest BCUT2D eigenvalue weighted by Crippen LogP contribution is -2.13. The number of furan rings is 1. The van der Waals surface area contributed by atoms with Gasteiger partial charge in [0.1, 0.15) is 11.3 Å². The van der Waals surface area contributed by atoms with Gasteiger partial charge in [0.25, 0.3) is 0 Å². The first-order valence-electron chi connectivity index (χ1n) is 5.95. The van der Waals surface area contributed by atoms with Crippen molar-refractivity contribution in [3.05, 3.63) is 70.4 Å². The molecule has 0 aliphatic carbocycles. The largest absolute Gasteiger partial charge is 0.459 e. The van der Waals surface area contributed by atoms with Crippen LogP contribution in [0.1, 0.15) is 17.4 Å². The average Bonchev–Trinajstić information content (AvgIpc) is 2.87. The zero-order valence-corrected chi connectivity index (χ0v) is 11.0. The molecule has 0 fully saturated rings. The quantitative estimate of drug-likeness (QED) is 0.760. The van der Waals surface area contributed by atoms with Crippen LogP contribution in [0.3, 0.4) is 0 Å². The Morgan fingerprint density at radius 2 is 1.85 bits per heavy atom. The number of nitrogens with two attached hydrogens (primary N) is 1. The van der Waals surface area contributed by atoms with Crippen LogP contribution < -0.4 is 5.73 Å². The maximum atomic E-state index is 13.7. The summed E-state index contributed by atoms with van der Waals surface area (Å²) in [6.07, 6.45) is 0. The van der Waals surface area contributed by atoms with Gasteiger partial charge in [-0.3, -0.25) is 0 Å². The molecule has 0 bridgehead atoms. The van der Waals surface area contributed by atoms with Crippen LogP contribution in [0, 0.1) is 11.6 Å². The molecule has 1 unspecified atom stereocenters. The minimum Gasteiger partial charge on any atom is -0.459 e. The van der Waals surface area contributed by atoms with Crippen LogP contribution >= 0.6 is 11.6 Å². The predicted octanol–water partition coefficient (Wildman–Crippen LogP) is 4.41. The molecule has 0 spiro atoms. The third-order valence-corrected chi connectivity index (χ3v) is 3.48. The first kappa shape index (κ1) is 13.1. The lowest BCUT2D eigenvalue weighted by Gasteiger charge is -2.10. The summed E-state index contributed by atoms with van der Waals surface area (Å²) in [4.78, 5) is 0. The van der Waals surface area contributed by atoms with Gasteiger partial charge in [-0.2, -0.15) is 0 Å². The van der Waals surface area contributed by atoms with Crippen LogP contribution in [-0.2, 0) is 0 Å². The molecule has 0 radical (unpaired) electrons. The normalized spacial score (nSPS) is 12.8. The molecule has 2 N–H and O–H groups in total. The van der Waals surface area contributed by atoms with Gasteiger partial charge in [0.05, 0.1) is 11.1 Å². The fourth-order valence-corrected chi connectivity index (χ4v) is 2.33. The summed E-state index contributed by atoms with van der Waals surface area (Å²) < 4.78 is 32.6. The average molecular weight is 294 g/mol. The fourth-order valence-electron chi connectivity index (χ4n) is 2.11. The second-order valence-electron chi connectivity index (χ2n) is 4.42. The lowest BCUT2D eigenvalue weighted by molar-refractivity contribution is 0.475. The van der Waals surface area contributed by atoms with E-state index in [1.165, 1.54) is 12.1 Å². The number of hydrogen-bond acceptors (Lipinski definition) is 2. The van der Waals surface area contributed by atoms with E-state index in [0.717, 1.165) is 6.07 Å². The second kappa shape index (κ2) is 4.89. The van der Waals surface area contributed by atoms with E-state index in [1.807, 2.05) is 0 Å². The third kappa shape index (κ3) is 2.07. The second-order valence-corrected chi connectivity index (χ2v) is 4.83. The van der Waals surface area contributed by atoms with Crippen LogP contribution in [0.5, 0.6) is 0 Å². The molecule has 20 heavy (non-hydrogen) atoms. The van der Waals surface area contributed by atoms with Gasteiger partial charge in [-0.15, -0.1) is 0 Å². The topological polar surface area (TPSA) is 39.2 Å². The smallest absolute Gasteiger partial charge is 0.164 e. The summed E-state index contributed by atoms with van der Waals surface area (Å²) >= 11 is 6.04. The summed E-state index contributed by atoms with van der Waals surface area (Å²) in [6, 6.07) is 9.83. The van der Waals surface area contributed by atoms with Crippen molar-refractivity contribution in [3.8, 4) is 0 Å². The van der Waals surface area contributed by atoms with Crippen LogP contribution in [-0.4, -0.2) is 0 Å². The van der Waals surface area contributed by atoms with E-state index in [2.05, 4.69) is 0 Å². The standard InChI is InChI=1S/C15H10ClF2NO/c16-10-4-2-6-12-9(10)7-13(20-12)15(19)8-3-1-5-11(17)14(8)18/h1-7,15H,19H2. The summed E-state index contributed by atoms with van der Waals surface area (Å²) in [5.41, 5.74) is 6.55. The first-order valence-corrected chi connectivity index (χ1v) is 6.33. The minimum atomic E-state index is -0.966. The Morgan fingerprint density at radius 3 is 2.60 bits per heavy atom. The Labute approximate surface area is 118 Å². The monoisotopic (exact) mass is 293 g/mol. The summed E-state index contributed by atoms with van der Waals surface area (Å²) in [5, 5.41) is 1.21. The Hall–Kier alpha value is -1.91. The molecule has 1 heterocycles. The van der Waals surface area contributed by atoms with Gasteiger partial charge >= 0.3 is 0 Å². The summed E-state index contributed by atoms with van der Waals surface area (Å²) in [7, 11) is 0. The predicted molar refractivity (Wildman–Crippen MR) is 73.6 cm³/mol. The van der Waals surface area contributed by atoms with Gasteiger partial charge in [-0.25, -0.2) is 8.78 Å². The highest BCUT2D eigenvalue weighted by atomic mass is 35.5. The van der Waals surface area contributed by atoms with E-state index in [0.29, 0.717) is 21.8 Å². The van der Waals surface area contributed by atoms with Crippen LogP contribution in [0.25, 0.3) is 11.0 Å². The molecule has 102 valence electrons. The molecule has 0 saturated carbocycles. The maximum absolute atomic E-state index is 13.7. The number of rotatable bonds is 2. The molecular weight excluding hydrogens is 284 g/mol. The fraction of sp³-hybridized carbons (Fsp3) is 0.0667. The summed E-state index contributed by atoms with van der Waals surface area (Å²) in [6.45, 7) is 0. The molecule has 1 atom stereocenters. The van der Waals surface area contributed by atoms with E-state index in [-0.39, 0.29) is 5.56 Å². The summed E-state index contributed by atoms with van der Waals surface area (Å²) in [5.74, 6) is -1.57. The Kier molecular flexibility index (Phi) is 3.20. The highest BCUT2D eigenvalue weighted by Crippen LogP contribution is 2.31. The van der Waals surface area contributed by atoms with Crippen molar-refractivity contribution in [3.63, 3.8) is 0 Å². The van der Waals surface area contributed by atoms with Crippen LogP contribution in [0.2, 0.25) is 5.02 Å². The van der Waals surface area contributed by atoms with E-state index >= 15 is 0 Å². The molecule has 2 aromatic carbocycles. The van der Waals surface area contributed by atoms with Crippen molar-refractivity contribution < 1.29 is 13.2 Å². The lowest BCUT2D eigenvalue weighted by atomic mass is 10.0. The number of benzene rings is 2. The van der Waals surface area contributed by atoms with Crippen molar-refractivity contribution in [1.82, 2.24) is 0 Å². The molecule has 5 heteroatoms. The number of hydrogen-bond donors (Lipinski definition) is 1. The van der Waals surface area contributed by atoms with E-state index in [4.69, 9.17) is 21.8 Å². The van der Waals surface area contributed by atoms with Crippen molar-refractivity contribution >= 4 is 22.6 Å². The van der Waals surface area contributed by atoms with E-state index in [1.54, 1.807) is 24.3 Å². The molecular formula is C15H10ClF2NO. The first-order chi connectivity index (χ1) is 9.58. The molecule has 0 saturated heterocycles. The number of halogens is 3. The van der Waals surface area contributed by atoms with Crippen LogP contribution in [0.4, 0.5) is 8.78 Å². The molecule has 3 rings (SSSR count). The Morgan fingerprint density at radius 1 is 1.10 bits per heavy atom. The van der Waals surface area contributed by atoms with Gasteiger partial charge in [0.15, 0.2) is 11.6 Å². The van der Waals surface area contributed by atoms with Crippen molar-refractivity contribution in [2.45, 2.75) is 6.04 Å². The zero-order valence-electron chi connectivity index (χ0n) is 10.2. The molecule has 0 amide bonds. The van der Waals surface area contributed by atoms with Gasteiger partial charge in [0.2, 0.25) is 0 Å². The minimum absolute atomic E-state index is 0.0418. The van der Waals surface area contributed by atoms with Gasteiger partial charge < -0.3 is 10.2 Å². The molecule has 1 aromatic heterocycles. The van der Waals surface area contributed by atoms with E-state index < -0.39 is 17.7 Å². The third-order valence-electron chi connectivity index (χ3n) is 3.15. The van der Waals surface area contributed by atoms with Crippen molar-refractivity contribution in [1.29, 1.82) is 0 Å². The zero-order chi connectivity index (χ0) is 14.3. The van der Waals surface area contributed by atoms with E-state index in [9.17, 15) is 8.78 Å². The highest BCUT2D eigenvalue weighted by Gasteiger charge is 2.20. The SMILES string of the molecule is NC(c1cc2c(Cl)cccc2o1)c1cccc(F)c1F. The van der Waals surface area contributed by atoms with Gasteiger partial charge in [-0.1, -0.05) is 29.8 Å². The van der Waals surface area contributed by atoms with Gasteiger partial charge in [-0.05, 0) is 24.3 Å². The molecule has 0 aliphatic rings. The maximum Gasteiger partial charge on any atom is 0.164 e. The van der Waals surface area contributed by atoms with Crippen molar-refractivity contribution in [2.24, 2.45) is 5.73 Å². The molecule has 3 aromatic rings. The van der Waals surface area contributed by atoms with Crippen LogP contribution in [0.15, 0.2) is 46.9 Å². The highest BCUT2D eigenvalue weighted by molar-refractivity contribution is 6.35. The van der Waals surface area contributed by atoms with Gasteiger partial charge in [0, 0.05) is 10.9 Å². The molecule has 2 nitrogen and oxygen atoms in total. The Bertz CT molecular complexity index is 785. The van der Waals surface area contributed by atoms with Crippen molar-refractivity contribution in [2.75, 3.05) is 0 Å². The number of fused-ring (bicyclic) bond motifs is 1. The molecule has 0 aliphatic heterocycles.